The van der Waals surface area contributed by atoms with E-state index in [1.54, 1.807) is 11.3 Å². The van der Waals surface area contributed by atoms with Gasteiger partial charge in [0.05, 0.1) is 0 Å². The number of imide groups is 1. The van der Waals surface area contributed by atoms with Gasteiger partial charge in [-0.15, -0.1) is 0 Å². The van der Waals surface area contributed by atoms with Crippen LogP contribution >= 0.6 is 11.3 Å². The molecule has 1 heterocycles. The SMILES string of the molecule is CC(C)CCNC(=O)NC(=O)COC(=O)CCc1ccsc1. The van der Waals surface area contributed by atoms with Crippen molar-refractivity contribution >= 4 is 29.2 Å². The molecule has 122 valence electrons. The van der Waals surface area contributed by atoms with E-state index >= 15 is 0 Å². The Hall–Kier alpha value is -1.89. The zero-order chi connectivity index (χ0) is 16.4. The molecule has 0 spiro atoms. The minimum atomic E-state index is -0.633. The lowest BCUT2D eigenvalue weighted by Gasteiger charge is -2.08. The molecule has 0 fully saturated rings. The van der Waals surface area contributed by atoms with Crippen molar-refractivity contribution < 1.29 is 19.1 Å². The van der Waals surface area contributed by atoms with Gasteiger partial charge in [0.25, 0.3) is 5.91 Å². The molecule has 2 N–H and O–H groups in total. The molecule has 0 aliphatic heterocycles. The van der Waals surface area contributed by atoms with Crippen LogP contribution in [-0.2, 0) is 20.7 Å². The van der Waals surface area contributed by atoms with Crippen molar-refractivity contribution in [3.05, 3.63) is 22.4 Å². The molecule has 0 atom stereocenters. The first-order valence-corrected chi connectivity index (χ1v) is 8.16. The summed E-state index contributed by atoms with van der Waals surface area (Å²) >= 11 is 1.56. The number of urea groups is 1. The summed E-state index contributed by atoms with van der Waals surface area (Å²) in [5.74, 6) is -0.618. The molecule has 7 heteroatoms. The molecule has 1 aromatic heterocycles. The van der Waals surface area contributed by atoms with E-state index in [0.717, 1.165) is 12.0 Å². The summed E-state index contributed by atoms with van der Waals surface area (Å²) in [6, 6.07) is 1.37. The second-order valence-corrected chi connectivity index (χ2v) is 6.06. The molecule has 0 saturated carbocycles. The fraction of sp³-hybridized carbons (Fsp3) is 0.533. The van der Waals surface area contributed by atoms with Gasteiger partial charge in [0.1, 0.15) is 0 Å². The first-order chi connectivity index (χ1) is 10.5. The summed E-state index contributed by atoms with van der Waals surface area (Å²) in [5.41, 5.74) is 1.07. The fourth-order valence-corrected chi connectivity index (χ4v) is 2.28. The average molecular weight is 326 g/mol. The van der Waals surface area contributed by atoms with Crippen LogP contribution in [-0.4, -0.2) is 31.1 Å². The number of nitrogens with one attached hydrogen (secondary N) is 2. The zero-order valence-electron chi connectivity index (χ0n) is 12.9. The van der Waals surface area contributed by atoms with Gasteiger partial charge in [-0.05, 0) is 41.1 Å². The lowest BCUT2D eigenvalue weighted by atomic mass is 10.1. The summed E-state index contributed by atoms with van der Waals surface area (Å²) in [7, 11) is 0. The molecule has 0 saturated heterocycles. The van der Waals surface area contributed by atoms with E-state index in [1.807, 2.05) is 30.7 Å². The predicted molar refractivity (Wildman–Crippen MR) is 84.6 cm³/mol. The monoisotopic (exact) mass is 326 g/mol. The van der Waals surface area contributed by atoms with Crippen molar-refractivity contribution in [1.82, 2.24) is 10.6 Å². The maximum Gasteiger partial charge on any atom is 0.321 e. The van der Waals surface area contributed by atoms with E-state index in [9.17, 15) is 14.4 Å². The quantitative estimate of drug-likeness (QED) is 0.717. The van der Waals surface area contributed by atoms with Crippen molar-refractivity contribution in [2.75, 3.05) is 13.2 Å². The Bertz CT molecular complexity index is 486. The zero-order valence-corrected chi connectivity index (χ0v) is 13.7. The molecule has 0 aromatic carbocycles. The normalized spacial score (nSPS) is 10.3. The molecule has 22 heavy (non-hydrogen) atoms. The van der Waals surface area contributed by atoms with Crippen LogP contribution in [0.25, 0.3) is 0 Å². The lowest BCUT2D eigenvalue weighted by Crippen LogP contribution is -2.42. The molecule has 0 radical (unpaired) electrons. The predicted octanol–water partition coefficient (Wildman–Crippen LogP) is 2.10. The Morgan fingerprint density at radius 3 is 2.73 bits per heavy atom. The highest BCUT2D eigenvalue weighted by atomic mass is 32.1. The number of hydrogen-bond donors (Lipinski definition) is 2. The van der Waals surface area contributed by atoms with E-state index in [2.05, 4.69) is 10.6 Å². The number of aryl methyl sites for hydroxylation is 1. The summed E-state index contributed by atoms with van der Waals surface area (Å²) in [6.07, 6.45) is 1.63. The lowest BCUT2D eigenvalue weighted by molar-refractivity contribution is -0.148. The first-order valence-electron chi connectivity index (χ1n) is 7.21. The largest absolute Gasteiger partial charge is 0.456 e. The van der Waals surface area contributed by atoms with E-state index < -0.39 is 24.5 Å². The number of amides is 3. The van der Waals surface area contributed by atoms with Gasteiger partial charge >= 0.3 is 12.0 Å². The standard InChI is InChI=1S/C15H22N2O4S/c1-11(2)5-7-16-15(20)17-13(18)9-21-14(19)4-3-12-6-8-22-10-12/h6,8,10-11H,3-5,7,9H2,1-2H3,(H2,16,17,18,20). The molecular formula is C15H22N2O4S. The topological polar surface area (TPSA) is 84.5 Å². The van der Waals surface area contributed by atoms with Crippen molar-refractivity contribution in [3.8, 4) is 0 Å². The summed E-state index contributed by atoms with van der Waals surface area (Å²) in [5, 5.41) is 8.58. The minimum Gasteiger partial charge on any atom is -0.456 e. The van der Waals surface area contributed by atoms with Crippen LogP contribution < -0.4 is 10.6 Å². The third kappa shape index (κ3) is 8.41. The van der Waals surface area contributed by atoms with E-state index in [1.165, 1.54) is 0 Å². The fourth-order valence-electron chi connectivity index (χ4n) is 1.58. The van der Waals surface area contributed by atoms with Crippen LogP contribution in [0.1, 0.15) is 32.3 Å². The van der Waals surface area contributed by atoms with Crippen molar-refractivity contribution in [2.24, 2.45) is 5.92 Å². The number of carbonyl (C=O) groups is 3. The Kier molecular flexibility index (Phi) is 8.21. The van der Waals surface area contributed by atoms with Gasteiger partial charge in [-0.2, -0.15) is 11.3 Å². The van der Waals surface area contributed by atoms with Gasteiger partial charge in [-0.25, -0.2) is 4.79 Å². The molecular weight excluding hydrogens is 304 g/mol. The van der Waals surface area contributed by atoms with Crippen LogP contribution in [0.2, 0.25) is 0 Å². The van der Waals surface area contributed by atoms with Gasteiger partial charge in [0.2, 0.25) is 0 Å². The molecule has 0 aliphatic carbocycles. The number of rotatable bonds is 8. The Labute approximate surface area is 134 Å². The number of thiophene rings is 1. The van der Waals surface area contributed by atoms with Gasteiger partial charge in [-0.3, -0.25) is 14.9 Å². The van der Waals surface area contributed by atoms with Crippen LogP contribution in [0, 0.1) is 5.92 Å². The Morgan fingerprint density at radius 1 is 1.32 bits per heavy atom. The number of esters is 1. The van der Waals surface area contributed by atoms with E-state index in [-0.39, 0.29) is 6.42 Å². The highest BCUT2D eigenvalue weighted by Gasteiger charge is 2.11. The van der Waals surface area contributed by atoms with Crippen LogP contribution in [0.15, 0.2) is 16.8 Å². The number of carbonyl (C=O) groups excluding carboxylic acids is 3. The van der Waals surface area contributed by atoms with E-state index in [0.29, 0.717) is 18.9 Å². The van der Waals surface area contributed by atoms with E-state index in [4.69, 9.17) is 4.74 Å². The maximum atomic E-state index is 11.5. The third-order valence-corrected chi connectivity index (χ3v) is 3.55. The maximum absolute atomic E-state index is 11.5. The molecule has 0 unspecified atom stereocenters. The molecule has 1 rings (SSSR count). The molecule has 6 nitrogen and oxygen atoms in total. The summed E-state index contributed by atoms with van der Waals surface area (Å²) in [4.78, 5) is 34.3. The van der Waals surface area contributed by atoms with Crippen molar-refractivity contribution in [2.45, 2.75) is 33.1 Å². The highest BCUT2D eigenvalue weighted by molar-refractivity contribution is 7.07. The number of hydrogen-bond acceptors (Lipinski definition) is 5. The third-order valence-electron chi connectivity index (χ3n) is 2.82. The summed E-state index contributed by atoms with van der Waals surface area (Å²) < 4.78 is 4.82. The second kappa shape index (κ2) is 9.94. The molecule has 0 aliphatic rings. The smallest absolute Gasteiger partial charge is 0.321 e. The Morgan fingerprint density at radius 2 is 2.09 bits per heavy atom. The van der Waals surface area contributed by atoms with Crippen LogP contribution in [0.3, 0.4) is 0 Å². The second-order valence-electron chi connectivity index (χ2n) is 5.28. The van der Waals surface area contributed by atoms with Crippen LogP contribution in [0.4, 0.5) is 4.79 Å². The van der Waals surface area contributed by atoms with Gasteiger partial charge in [-0.1, -0.05) is 13.8 Å². The van der Waals surface area contributed by atoms with Crippen molar-refractivity contribution in [1.29, 1.82) is 0 Å². The summed E-state index contributed by atoms with van der Waals surface area (Å²) in [6.45, 7) is 4.14. The number of ether oxygens (including phenoxy) is 1. The van der Waals surface area contributed by atoms with Gasteiger partial charge in [0.15, 0.2) is 6.61 Å². The first kappa shape index (κ1) is 18.2. The molecule has 1 aromatic rings. The average Bonchev–Trinajstić information content (AvgIpc) is 2.95. The highest BCUT2D eigenvalue weighted by Crippen LogP contribution is 2.08. The van der Waals surface area contributed by atoms with Gasteiger partial charge in [0, 0.05) is 13.0 Å². The van der Waals surface area contributed by atoms with Gasteiger partial charge < -0.3 is 10.1 Å². The molecule has 3 amide bonds. The van der Waals surface area contributed by atoms with Crippen LogP contribution in [0.5, 0.6) is 0 Å². The minimum absolute atomic E-state index is 0.213. The Balaban J connectivity index is 2.11. The molecule has 0 bridgehead atoms. The van der Waals surface area contributed by atoms with Crippen molar-refractivity contribution in [3.63, 3.8) is 0 Å².